The number of nitrogens with zero attached hydrogens (tertiary/aromatic N) is 1. The second-order valence-corrected chi connectivity index (χ2v) is 5.78. The second kappa shape index (κ2) is 11.1. The summed E-state index contributed by atoms with van der Waals surface area (Å²) in [5.41, 5.74) is 1.15. The third-order valence-electron chi connectivity index (χ3n) is 3.77. The van der Waals surface area contributed by atoms with E-state index in [0.717, 1.165) is 42.9 Å². The van der Waals surface area contributed by atoms with Crippen molar-refractivity contribution in [2.45, 2.75) is 32.6 Å². The lowest BCUT2D eigenvalue weighted by atomic mass is 10.1. The number of nitrogens with one attached hydrogen (secondary N) is 2. The smallest absolute Gasteiger partial charge is 0.220 e. The molecule has 1 heterocycles. The summed E-state index contributed by atoms with van der Waals surface area (Å²) >= 11 is 0. The molecular weight excluding hydrogens is 314 g/mol. The van der Waals surface area contributed by atoms with Gasteiger partial charge in [-0.1, -0.05) is 18.2 Å². The maximum atomic E-state index is 11.9. The highest BCUT2D eigenvalue weighted by atomic mass is 16.5. The highest BCUT2D eigenvalue weighted by molar-refractivity contribution is 5.76. The van der Waals surface area contributed by atoms with Gasteiger partial charge in [-0.15, -0.1) is 0 Å². The predicted molar refractivity (Wildman–Crippen MR) is 101 cm³/mol. The van der Waals surface area contributed by atoms with Gasteiger partial charge in [0.15, 0.2) is 0 Å². The minimum Gasteiger partial charge on any atom is -0.494 e. The van der Waals surface area contributed by atoms with Gasteiger partial charge in [-0.25, -0.2) is 4.98 Å². The summed E-state index contributed by atoms with van der Waals surface area (Å²) < 4.78 is 5.41. The van der Waals surface area contributed by atoms with Crippen molar-refractivity contribution in [1.82, 2.24) is 10.3 Å². The normalized spacial score (nSPS) is 10.3. The Morgan fingerprint density at radius 2 is 1.88 bits per heavy atom. The monoisotopic (exact) mass is 341 g/mol. The van der Waals surface area contributed by atoms with Crippen molar-refractivity contribution in [2.75, 3.05) is 25.0 Å². The number of hydrogen-bond acceptors (Lipinski definition) is 4. The molecule has 0 bridgehead atoms. The second-order valence-electron chi connectivity index (χ2n) is 5.78. The van der Waals surface area contributed by atoms with Crippen LogP contribution in [0, 0.1) is 0 Å². The Morgan fingerprint density at radius 3 is 2.60 bits per heavy atom. The van der Waals surface area contributed by atoms with Crippen LogP contribution >= 0.6 is 0 Å². The van der Waals surface area contributed by atoms with Gasteiger partial charge in [-0.05, 0) is 56.0 Å². The highest BCUT2D eigenvalue weighted by Crippen LogP contribution is 2.13. The fraction of sp³-hybridized carbons (Fsp3) is 0.400. The molecule has 0 fully saturated rings. The van der Waals surface area contributed by atoms with Crippen LogP contribution in [-0.2, 0) is 11.2 Å². The van der Waals surface area contributed by atoms with Crippen molar-refractivity contribution >= 4 is 11.7 Å². The minimum atomic E-state index is 0.103. The molecule has 2 aromatic rings. The molecule has 5 nitrogen and oxygen atoms in total. The number of ether oxygens (including phenoxy) is 1. The average Bonchev–Trinajstić information content (AvgIpc) is 2.65. The summed E-state index contributed by atoms with van der Waals surface area (Å²) in [4.78, 5) is 16.1. The van der Waals surface area contributed by atoms with E-state index in [1.165, 1.54) is 0 Å². The number of pyridine rings is 1. The number of rotatable bonds is 11. The molecule has 0 atom stereocenters. The topological polar surface area (TPSA) is 63.2 Å². The minimum absolute atomic E-state index is 0.103. The van der Waals surface area contributed by atoms with Gasteiger partial charge >= 0.3 is 0 Å². The van der Waals surface area contributed by atoms with Gasteiger partial charge in [0, 0.05) is 25.7 Å². The van der Waals surface area contributed by atoms with E-state index in [-0.39, 0.29) is 5.91 Å². The lowest BCUT2D eigenvalue weighted by molar-refractivity contribution is -0.121. The zero-order valence-corrected chi connectivity index (χ0v) is 14.8. The molecule has 134 valence electrons. The van der Waals surface area contributed by atoms with Gasteiger partial charge in [-0.3, -0.25) is 4.79 Å². The number of unbranched alkanes of at least 4 members (excludes halogenated alkanes) is 1. The average molecular weight is 341 g/mol. The van der Waals surface area contributed by atoms with Gasteiger partial charge in [-0.2, -0.15) is 0 Å². The molecule has 0 spiro atoms. The number of amides is 1. The van der Waals surface area contributed by atoms with Crippen LogP contribution in [0.2, 0.25) is 0 Å². The zero-order chi connectivity index (χ0) is 17.7. The maximum Gasteiger partial charge on any atom is 0.220 e. The van der Waals surface area contributed by atoms with Gasteiger partial charge in [0.2, 0.25) is 5.91 Å². The quantitative estimate of drug-likeness (QED) is 0.615. The van der Waals surface area contributed by atoms with Gasteiger partial charge in [0.05, 0.1) is 6.61 Å². The fourth-order valence-electron chi connectivity index (χ4n) is 2.43. The third-order valence-corrected chi connectivity index (χ3v) is 3.77. The van der Waals surface area contributed by atoms with Crippen LogP contribution in [0.5, 0.6) is 5.75 Å². The Kier molecular flexibility index (Phi) is 8.32. The lowest BCUT2D eigenvalue weighted by Crippen LogP contribution is -2.25. The van der Waals surface area contributed by atoms with E-state index in [2.05, 4.69) is 15.6 Å². The van der Waals surface area contributed by atoms with E-state index in [4.69, 9.17) is 4.74 Å². The summed E-state index contributed by atoms with van der Waals surface area (Å²) in [6.07, 6.45) is 4.98. The first kappa shape index (κ1) is 18.8. The van der Waals surface area contributed by atoms with E-state index in [1.807, 2.05) is 49.4 Å². The molecule has 1 amide bonds. The van der Waals surface area contributed by atoms with Crippen LogP contribution in [0.15, 0.2) is 48.7 Å². The first-order valence-electron chi connectivity index (χ1n) is 8.91. The molecule has 1 aromatic heterocycles. The number of aromatic nitrogens is 1. The van der Waals surface area contributed by atoms with Crippen molar-refractivity contribution in [2.24, 2.45) is 0 Å². The van der Waals surface area contributed by atoms with Gasteiger partial charge < -0.3 is 15.4 Å². The Hall–Kier alpha value is -2.56. The SMILES string of the molecule is CCOc1ccc(CCC(=O)NCCCCNc2ccccn2)cc1. The van der Waals surface area contributed by atoms with E-state index < -0.39 is 0 Å². The Balaban J connectivity index is 1.52. The molecule has 0 radical (unpaired) electrons. The molecule has 5 heteroatoms. The molecule has 0 saturated heterocycles. The molecule has 2 rings (SSSR count). The van der Waals surface area contributed by atoms with Crippen molar-refractivity contribution in [3.05, 3.63) is 54.2 Å². The molecule has 0 aliphatic heterocycles. The largest absolute Gasteiger partial charge is 0.494 e. The van der Waals surface area contributed by atoms with E-state index in [1.54, 1.807) is 6.20 Å². The summed E-state index contributed by atoms with van der Waals surface area (Å²) in [6, 6.07) is 13.7. The summed E-state index contributed by atoms with van der Waals surface area (Å²) in [6.45, 7) is 4.21. The van der Waals surface area contributed by atoms with Crippen molar-refractivity contribution in [1.29, 1.82) is 0 Å². The third kappa shape index (κ3) is 7.70. The number of carbonyl (C=O) groups is 1. The van der Waals surface area contributed by atoms with Crippen molar-refractivity contribution in [3.8, 4) is 5.75 Å². The number of anilines is 1. The molecule has 0 aliphatic rings. The van der Waals surface area contributed by atoms with Crippen molar-refractivity contribution in [3.63, 3.8) is 0 Å². The Labute approximate surface area is 149 Å². The van der Waals surface area contributed by atoms with Crippen LogP contribution in [0.3, 0.4) is 0 Å². The number of carbonyl (C=O) groups excluding carboxylic acids is 1. The van der Waals surface area contributed by atoms with Crippen LogP contribution < -0.4 is 15.4 Å². The Morgan fingerprint density at radius 1 is 1.08 bits per heavy atom. The van der Waals surface area contributed by atoms with Gasteiger partial charge in [0.1, 0.15) is 11.6 Å². The summed E-state index contributed by atoms with van der Waals surface area (Å²) in [7, 11) is 0. The molecule has 25 heavy (non-hydrogen) atoms. The van der Waals surface area contributed by atoms with Crippen LogP contribution in [0.1, 0.15) is 31.7 Å². The van der Waals surface area contributed by atoms with E-state index in [9.17, 15) is 4.79 Å². The number of aryl methyl sites for hydroxylation is 1. The van der Waals surface area contributed by atoms with E-state index >= 15 is 0 Å². The molecular formula is C20H27N3O2. The summed E-state index contributed by atoms with van der Waals surface area (Å²) in [5.74, 6) is 1.86. The highest BCUT2D eigenvalue weighted by Gasteiger charge is 2.02. The van der Waals surface area contributed by atoms with E-state index in [0.29, 0.717) is 19.6 Å². The fourth-order valence-corrected chi connectivity index (χ4v) is 2.43. The predicted octanol–water partition coefficient (Wildman–Crippen LogP) is 3.42. The Bertz CT molecular complexity index is 615. The first-order chi connectivity index (χ1) is 12.3. The van der Waals surface area contributed by atoms with Crippen LogP contribution in [0.25, 0.3) is 0 Å². The molecule has 2 N–H and O–H groups in total. The molecule has 0 saturated carbocycles. The van der Waals surface area contributed by atoms with Crippen molar-refractivity contribution < 1.29 is 9.53 Å². The number of hydrogen-bond donors (Lipinski definition) is 2. The molecule has 1 aromatic carbocycles. The maximum absolute atomic E-state index is 11.9. The summed E-state index contributed by atoms with van der Waals surface area (Å²) in [5, 5.41) is 6.24. The molecule has 0 unspecified atom stereocenters. The lowest BCUT2D eigenvalue weighted by Gasteiger charge is -2.07. The number of benzene rings is 1. The van der Waals surface area contributed by atoms with Crippen LogP contribution in [-0.4, -0.2) is 30.6 Å². The van der Waals surface area contributed by atoms with Gasteiger partial charge in [0.25, 0.3) is 0 Å². The first-order valence-corrected chi connectivity index (χ1v) is 8.91. The van der Waals surface area contributed by atoms with Crippen LogP contribution in [0.4, 0.5) is 5.82 Å². The zero-order valence-electron chi connectivity index (χ0n) is 14.8. The molecule has 0 aliphatic carbocycles. The standard InChI is InChI=1S/C20H27N3O2/c1-2-25-18-11-8-17(9-12-18)10-13-20(24)23-16-6-5-15-22-19-7-3-4-14-21-19/h3-4,7-9,11-12,14H,2,5-6,10,13,15-16H2,1H3,(H,21,22)(H,23,24).